The Kier molecular flexibility index (Phi) is 6.62. The third-order valence-electron chi connectivity index (χ3n) is 4.34. The van der Waals surface area contributed by atoms with Crippen LogP contribution in [0.4, 0.5) is 4.39 Å². The predicted octanol–water partition coefficient (Wildman–Crippen LogP) is 5.22. The van der Waals surface area contributed by atoms with Gasteiger partial charge in [-0.05, 0) is 53.1 Å². The molecular weight excluding hydrogens is 416 g/mol. The van der Waals surface area contributed by atoms with Crippen molar-refractivity contribution in [2.24, 2.45) is 0 Å². The lowest BCUT2D eigenvalue weighted by Crippen LogP contribution is -2.24. The van der Waals surface area contributed by atoms with Crippen LogP contribution in [0.15, 0.2) is 54.6 Å². The molecule has 1 amide bonds. The SMILES string of the molecule is CNC(=O)COc1cc(Cl)c(Cc2ccc(O)c(-c3cccc(F)c3)c2)c(Cl)c1. The fourth-order valence-electron chi connectivity index (χ4n) is 2.84. The smallest absolute Gasteiger partial charge is 0.257 e. The van der Waals surface area contributed by atoms with Crippen LogP contribution in [0.3, 0.4) is 0 Å². The molecule has 0 aromatic heterocycles. The van der Waals surface area contributed by atoms with Crippen LogP contribution in [0, 0.1) is 5.82 Å². The van der Waals surface area contributed by atoms with E-state index in [1.165, 1.54) is 19.2 Å². The Bertz CT molecular complexity index is 1030. The first kappa shape index (κ1) is 21.0. The minimum Gasteiger partial charge on any atom is -0.507 e. The van der Waals surface area contributed by atoms with Gasteiger partial charge < -0.3 is 15.2 Å². The van der Waals surface area contributed by atoms with E-state index in [2.05, 4.69) is 5.32 Å². The lowest BCUT2D eigenvalue weighted by molar-refractivity contribution is -0.122. The van der Waals surface area contributed by atoms with Crippen molar-refractivity contribution in [3.8, 4) is 22.6 Å². The number of hydrogen-bond donors (Lipinski definition) is 2. The molecule has 0 aliphatic heterocycles. The van der Waals surface area contributed by atoms with E-state index < -0.39 is 0 Å². The third kappa shape index (κ3) is 5.19. The predicted molar refractivity (Wildman–Crippen MR) is 112 cm³/mol. The number of phenolic OH excluding ortho intramolecular Hbond substituents is 1. The number of hydrogen-bond acceptors (Lipinski definition) is 3. The molecule has 0 unspecified atom stereocenters. The zero-order chi connectivity index (χ0) is 21.0. The maximum Gasteiger partial charge on any atom is 0.257 e. The zero-order valence-electron chi connectivity index (χ0n) is 15.5. The van der Waals surface area contributed by atoms with Gasteiger partial charge in [-0.15, -0.1) is 0 Å². The number of carbonyl (C=O) groups excluding carboxylic acids is 1. The number of amides is 1. The lowest BCUT2D eigenvalue weighted by Gasteiger charge is -2.13. The molecule has 3 aromatic carbocycles. The Morgan fingerprint density at radius 3 is 2.48 bits per heavy atom. The maximum atomic E-state index is 13.6. The standard InChI is InChI=1S/C22H18Cl2FNO3/c1-26-22(28)12-29-16-10-19(23)18(20(24)11-16)8-13-5-6-21(27)17(7-13)14-3-2-4-15(25)9-14/h2-7,9-11,27H,8,12H2,1H3,(H,26,28). The van der Waals surface area contributed by atoms with Crippen LogP contribution in [0.25, 0.3) is 11.1 Å². The molecule has 0 aliphatic rings. The molecule has 0 atom stereocenters. The summed E-state index contributed by atoms with van der Waals surface area (Å²) in [6.07, 6.45) is 0.399. The van der Waals surface area contributed by atoms with Gasteiger partial charge in [-0.25, -0.2) is 4.39 Å². The number of carbonyl (C=O) groups is 1. The highest BCUT2D eigenvalue weighted by Gasteiger charge is 2.13. The molecule has 0 saturated heterocycles. The Labute approximate surface area is 177 Å². The van der Waals surface area contributed by atoms with Gasteiger partial charge in [0.1, 0.15) is 17.3 Å². The van der Waals surface area contributed by atoms with E-state index in [-0.39, 0.29) is 24.1 Å². The number of phenols is 1. The van der Waals surface area contributed by atoms with E-state index in [0.717, 1.165) is 5.56 Å². The second-order valence-electron chi connectivity index (χ2n) is 6.37. The van der Waals surface area contributed by atoms with Crippen LogP contribution in [-0.2, 0) is 11.2 Å². The fourth-order valence-corrected chi connectivity index (χ4v) is 3.44. The number of nitrogens with one attached hydrogen (secondary N) is 1. The number of benzene rings is 3. The highest BCUT2D eigenvalue weighted by molar-refractivity contribution is 6.36. The van der Waals surface area contributed by atoms with Gasteiger partial charge in [-0.1, -0.05) is 41.4 Å². The van der Waals surface area contributed by atoms with Crippen LogP contribution >= 0.6 is 23.2 Å². The summed E-state index contributed by atoms with van der Waals surface area (Å²) < 4.78 is 18.9. The van der Waals surface area contributed by atoms with Gasteiger partial charge in [-0.2, -0.15) is 0 Å². The topological polar surface area (TPSA) is 58.6 Å². The van der Waals surface area contributed by atoms with Crippen molar-refractivity contribution in [2.45, 2.75) is 6.42 Å². The molecule has 3 aromatic rings. The molecule has 2 N–H and O–H groups in total. The Morgan fingerprint density at radius 1 is 1.10 bits per heavy atom. The Morgan fingerprint density at radius 2 is 1.83 bits per heavy atom. The third-order valence-corrected chi connectivity index (χ3v) is 5.02. The number of aromatic hydroxyl groups is 1. The van der Waals surface area contributed by atoms with Crippen molar-refractivity contribution in [2.75, 3.05) is 13.7 Å². The first-order valence-corrected chi connectivity index (χ1v) is 9.52. The highest BCUT2D eigenvalue weighted by atomic mass is 35.5. The van der Waals surface area contributed by atoms with Gasteiger partial charge in [-0.3, -0.25) is 4.79 Å². The average molecular weight is 434 g/mol. The molecule has 0 fully saturated rings. The quantitative estimate of drug-likeness (QED) is 0.559. The van der Waals surface area contributed by atoms with E-state index in [1.807, 2.05) is 0 Å². The number of halogens is 3. The average Bonchev–Trinajstić information content (AvgIpc) is 2.70. The molecule has 0 bridgehead atoms. The number of ether oxygens (including phenoxy) is 1. The van der Waals surface area contributed by atoms with Crippen molar-refractivity contribution in [1.82, 2.24) is 5.32 Å². The molecule has 0 radical (unpaired) electrons. The normalized spacial score (nSPS) is 10.6. The second-order valence-corrected chi connectivity index (χ2v) is 7.18. The van der Waals surface area contributed by atoms with Crippen LogP contribution in [0.5, 0.6) is 11.5 Å². The summed E-state index contributed by atoms with van der Waals surface area (Å²) in [6.45, 7) is -0.141. The largest absolute Gasteiger partial charge is 0.507 e. The fraction of sp³-hybridized carbons (Fsp3) is 0.136. The van der Waals surface area contributed by atoms with Crippen LogP contribution < -0.4 is 10.1 Å². The second kappa shape index (κ2) is 9.16. The first-order valence-electron chi connectivity index (χ1n) is 8.76. The van der Waals surface area contributed by atoms with Gasteiger partial charge in [0.2, 0.25) is 0 Å². The highest BCUT2D eigenvalue weighted by Crippen LogP contribution is 2.35. The molecule has 7 heteroatoms. The van der Waals surface area contributed by atoms with E-state index in [1.54, 1.807) is 42.5 Å². The van der Waals surface area contributed by atoms with Crippen LogP contribution in [0.2, 0.25) is 10.0 Å². The maximum absolute atomic E-state index is 13.6. The monoisotopic (exact) mass is 433 g/mol. The Balaban J connectivity index is 1.86. The Hall–Kier alpha value is -2.76. The summed E-state index contributed by atoms with van der Waals surface area (Å²) in [5.41, 5.74) is 2.60. The molecule has 29 heavy (non-hydrogen) atoms. The summed E-state index contributed by atoms with van der Waals surface area (Å²) in [5.74, 6) is -0.214. The number of likely N-dealkylation sites (N-methyl/N-ethyl adjacent to an activating group) is 1. The molecule has 4 nitrogen and oxygen atoms in total. The molecule has 0 spiro atoms. The molecule has 0 aliphatic carbocycles. The summed E-state index contributed by atoms with van der Waals surface area (Å²) >= 11 is 12.8. The van der Waals surface area contributed by atoms with Gasteiger partial charge in [0.15, 0.2) is 6.61 Å². The lowest BCUT2D eigenvalue weighted by atomic mass is 9.98. The molecular formula is C22H18Cl2FNO3. The van der Waals surface area contributed by atoms with Crippen LogP contribution in [-0.4, -0.2) is 24.7 Å². The van der Waals surface area contributed by atoms with Crippen LogP contribution in [0.1, 0.15) is 11.1 Å². The minimum absolute atomic E-state index is 0.0505. The molecule has 0 saturated carbocycles. The van der Waals surface area contributed by atoms with Crippen molar-refractivity contribution in [3.05, 3.63) is 81.6 Å². The van der Waals surface area contributed by atoms with Gasteiger partial charge >= 0.3 is 0 Å². The summed E-state index contributed by atoms with van der Waals surface area (Å²) in [4.78, 5) is 11.3. The van der Waals surface area contributed by atoms with Gasteiger partial charge in [0.25, 0.3) is 5.91 Å². The summed E-state index contributed by atoms with van der Waals surface area (Å²) in [5, 5.41) is 13.4. The molecule has 3 rings (SSSR count). The number of rotatable bonds is 6. The van der Waals surface area contributed by atoms with Gasteiger partial charge in [0, 0.05) is 29.1 Å². The molecule has 0 heterocycles. The minimum atomic E-state index is -0.384. The summed E-state index contributed by atoms with van der Waals surface area (Å²) in [7, 11) is 1.52. The van der Waals surface area contributed by atoms with Gasteiger partial charge in [0.05, 0.1) is 0 Å². The van der Waals surface area contributed by atoms with E-state index in [9.17, 15) is 14.3 Å². The van der Waals surface area contributed by atoms with Crippen molar-refractivity contribution in [1.29, 1.82) is 0 Å². The van der Waals surface area contributed by atoms with E-state index in [0.29, 0.717) is 38.9 Å². The summed E-state index contributed by atoms with van der Waals surface area (Å²) in [6, 6.07) is 14.3. The van der Waals surface area contributed by atoms with E-state index in [4.69, 9.17) is 27.9 Å². The first-order chi connectivity index (χ1) is 13.9. The van der Waals surface area contributed by atoms with E-state index >= 15 is 0 Å². The zero-order valence-corrected chi connectivity index (χ0v) is 17.0. The van der Waals surface area contributed by atoms with Crippen molar-refractivity contribution >= 4 is 29.1 Å². The molecule has 150 valence electrons. The van der Waals surface area contributed by atoms with Crippen molar-refractivity contribution in [3.63, 3.8) is 0 Å². The van der Waals surface area contributed by atoms with Crippen molar-refractivity contribution < 1.29 is 19.0 Å².